The van der Waals surface area contributed by atoms with Gasteiger partial charge >= 0.3 is 0 Å². The van der Waals surface area contributed by atoms with E-state index in [-0.39, 0.29) is 0 Å². The van der Waals surface area contributed by atoms with Gasteiger partial charge in [0.05, 0.1) is 12.4 Å². The first kappa shape index (κ1) is 12.4. The van der Waals surface area contributed by atoms with Gasteiger partial charge in [0.25, 0.3) is 0 Å². The van der Waals surface area contributed by atoms with Crippen LogP contribution in [0.1, 0.15) is 33.6 Å². The molecule has 0 amide bonds. The van der Waals surface area contributed by atoms with E-state index in [2.05, 4.69) is 23.7 Å². The van der Waals surface area contributed by atoms with Gasteiger partial charge in [-0.15, -0.1) is 0 Å². The van der Waals surface area contributed by atoms with Crippen LogP contribution in [0.4, 0.5) is 0 Å². The monoisotopic (exact) mass is 185 g/mol. The molecule has 13 heavy (non-hydrogen) atoms. The molecule has 0 spiro atoms. The number of likely N-dealkylation sites (N-methyl/N-ethyl adjacent to an activating group) is 1. The standard InChI is InChI=1S/C10H23N3/c1-4-8-13(6-3)9-7-12-10(11)5-2/h4-9H2,1-3H3,(H2,11,12). The molecule has 0 aromatic rings. The lowest BCUT2D eigenvalue weighted by Gasteiger charge is -2.17. The highest BCUT2D eigenvalue weighted by molar-refractivity contribution is 5.79. The van der Waals surface area contributed by atoms with Crippen LogP contribution in [0.2, 0.25) is 0 Å². The van der Waals surface area contributed by atoms with Crippen molar-refractivity contribution < 1.29 is 0 Å². The van der Waals surface area contributed by atoms with Crippen LogP contribution in [0.5, 0.6) is 0 Å². The van der Waals surface area contributed by atoms with Crippen molar-refractivity contribution in [1.29, 1.82) is 0 Å². The summed E-state index contributed by atoms with van der Waals surface area (Å²) in [4.78, 5) is 6.66. The maximum Gasteiger partial charge on any atom is 0.0934 e. The van der Waals surface area contributed by atoms with E-state index in [4.69, 9.17) is 5.73 Å². The predicted molar refractivity (Wildman–Crippen MR) is 59.2 cm³/mol. The Morgan fingerprint density at radius 1 is 1.23 bits per heavy atom. The second kappa shape index (κ2) is 8.05. The Morgan fingerprint density at radius 3 is 2.38 bits per heavy atom. The number of amidine groups is 1. The van der Waals surface area contributed by atoms with E-state index >= 15 is 0 Å². The second-order valence-electron chi connectivity index (χ2n) is 3.16. The largest absolute Gasteiger partial charge is 0.387 e. The maximum atomic E-state index is 5.61. The minimum atomic E-state index is 0.771. The summed E-state index contributed by atoms with van der Waals surface area (Å²) in [5, 5.41) is 0. The van der Waals surface area contributed by atoms with E-state index in [9.17, 15) is 0 Å². The quantitative estimate of drug-likeness (QED) is 0.482. The van der Waals surface area contributed by atoms with Crippen LogP contribution in [-0.4, -0.2) is 36.9 Å². The normalized spacial score (nSPS) is 12.5. The Morgan fingerprint density at radius 2 is 1.92 bits per heavy atom. The third-order valence-corrected chi connectivity index (χ3v) is 2.08. The average molecular weight is 185 g/mol. The van der Waals surface area contributed by atoms with E-state index in [0.717, 1.165) is 38.4 Å². The van der Waals surface area contributed by atoms with E-state index in [1.54, 1.807) is 0 Å². The summed E-state index contributed by atoms with van der Waals surface area (Å²) in [7, 11) is 0. The molecule has 0 radical (unpaired) electrons. The average Bonchev–Trinajstić information content (AvgIpc) is 2.16. The molecule has 2 N–H and O–H groups in total. The van der Waals surface area contributed by atoms with Crippen molar-refractivity contribution in [3.63, 3.8) is 0 Å². The number of hydrogen-bond acceptors (Lipinski definition) is 2. The van der Waals surface area contributed by atoms with Crippen LogP contribution < -0.4 is 5.73 Å². The van der Waals surface area contributed by atoms with Crippen LogP contribution in [0.3, 0.4) is 0 Å². The molecular weight excluding hydrogens is 162 g/mol. The Hall–Kier alpha value is -0.570. The zero-order chi connectivity index (χ0) is 10.1. The van der Waals surface area contributed by atoms with Crippen molar-refractivity contribution in [2.45, 2.75) is 33.6 Å². The molecule has 0 saturated heterocycles. The molecule has 0 atom stereocenters. The number of hydrogen-bond donors (Lipinski definition) is 1. The Bertz CT molecular complexity index is 143. The van der Waals surface area contributed by atoms with Gasteiger partial charge in [-0.2, -0.15) is 0 Å². The third-order valence-electron chi connectivity index (χ3n) is 2.08. The van der Waals surface area contributed by atoms with Gasteiger partial charge in [-0.25, -0.2) is 0 Å². The lowest BCUT2D eigenvalue weighted by Crippen LogP contribution is -2.27. The van der Waals surface area contributed by atoms with Gasteiger partial charge in [-0.3, -0.25) is 4.99 Å². The molecule has 3 heteroatoms. The number of rotatable bonds is 7. The highest BCUT2D eigenvalue weighted by Crippen LogP contribution is 1.90. The fourth-order valence-corrected chi connectivity index (χ4v) is 1.19. The molecular formula is C10H23N3. The molecule has 0 aliphatic rings. The molecule has 0 saturated carbocycles. The molecule has 0 rings (SSSR count). The van der Waals surface area contributed by atoms with Crippen LogP contribution in [-0.2, 0) is 0 Å². The minimum absolute atomic E-state index is 0.771. The first-order chi connectivity index (χ1) is 6.24. The molecule has 0 aliphatic carbocycles. The smallest absolute Gasteiger partial charge is 0.0934 e. The zero-order valence-electron chi connectivity index (χ0n) is 9.21. The van der Waals surface area contributed by atoms with Crippen LogP contribution >= 0.6 is 0 Å². The molecule has 0 aromatic heterocycles. The molecule has 0 heterocycles. The van der Waals surface area contributed by atoms with Crippen LogP contribution in [0.15, 0.2) is 4.99 Å². The molecule has 0 fully saturated rings. The summed E-state index contributed by atoms with van der Waals surface area (Å²) >= 11 is 0. The van der Waals surface area contributed by atoms with E-state index in [1.807, 2.05) is 6.92 Å². The van der Waals surface area contributed by atoms with E-state index < -0.39 is 0 Å². The van der Waals surface area contributed by atoms with Crippen molar-refractivity contribution in [3.8, 4) is 0 Å². The lowest BCUT2D eigenvalue weighted by atomic mass is 10.4. The van der Waals surface area contributed by atoms with E-state index in [0.29, 0.717) is 0 Å². The fourth-order valence-electron chi connectivity index (χ4n) is 1.19. The predicted octanol–water partition coefficient (Wildman–Crippen LogP) is 1.49. The van der Waals surface area contributed by atoms with Crippen molar-refractivity contribution in [2.24, 2.45) is 10.7 Å². The van der Waals surface area contributed by atoms with Gasteiger partial charge in [0.1, 0.15) is 0 Å². The Labute approximate surface area is 82.0 Å². The Balaban J connectivity index is 3.59. The summed E-state index contributed by atoms with van der Waals surface area (Å²) in [6.45, 7) is 10.6. The van der Waals surface area contributed by atoms with Gasteiger partial charge < -0.3 is 10.6 Å². The van der Waals surface area contributed by atoms with Crippen molar-refractivity contribution >= 4 is 5.84 Å². The summed E-state index contributed by atoms with van der Waals surface area (Å²) in [6, 6.07) is 0. The fraction of sp³-hybridized carbons (Fsp3) is 0.900. The second-order valence-corrected chi connectivity index (χ2v) is 3.16. The molecule has 0 aromatic carbocycles. The van der Waals surface area contributed by atoms with Gasteiger partial charge in [-0.1, -0.05) is 20.8 Å². The van der Waals surface area contributed by atoms with E-state index in [1.165, 1.54) is 6.42 Å². The molecule has 78 valence electrons. The number of aliphatic imine (C=N–C) groups is 1. The van der Waals surface area contributed by atoms with Gasteiger partial charge in [-0.05, 0) is 19.5 Å². The zero-order valence-corrected chi connectivity index (χ0v) is 9.21. The summed E-state index contributed by atoms with van der Waals surface area (Å²) < 4.78 is 0. The SMILES string of the molecule is CCCN(CC)CCN=C(N)CC. The van der Waals surface area contributed by atoms with Crippen molar-refractivity contribution in [3.05, 3.63) is 0 Å². The highest BCUT2D eigenvalue weighted by atomic mass is 15.1. The lowest BCUT2D eigenvalue weighted by molar-refractivity contribution is 0.297. The summed E-state index contributed by atoms with van der Waals surface area (Å²) in [5.41, 5.74) is 5.61. The van der Waals surface area contributed by atoms with Gasteiger partial charge in [0, 0.05) is 13.0 Å². The Kier molecular flexibility index (Phi) is 7.69. The van der Waals surface area contributed by atoms with Crippen molar-refractivity contribution in [2.75, 3.05) is 26.2 Å². The van der Waals surface area contributed by atoms with Crippen molar-refractivity contribution in [1.82, 2.24) is 4.90 Å². The minimum Gasteiger partial charge on any atom is -0.387 e. The maximum absolute atomic E-state index is 5.61. The molecule has 0 unspecified atom stereocenters. The number of nitrogens with zero attached hydrogens (tertiary/aromatic N) is 2. The first-order valence-corrected chi connectivity index (χ1v) is 5.25. The summed E-state index contributed by atoms with van der Waals surface area (Å²) in [5.74, 6) is 0.771. The van der Waals surface area contributed by atoms with Gasteiger partial charge in [0.15, 0.2) is 0 Å². The van der Waals surface area contributed by atoms with Crippen LogP contribution in [0.25, 0.3) is 0 Å². The van der Waals surface area contributed by atoms with Gasteiger partial charge in [0.2, 0.25) is 0 Å². The topological polar surface area (TPSA) is 41.6 Å². The third kappa shape index (κ3) is 6.58. The first-order valence-electron chi connectivity index (χ1n) is 5.25. The molecule has 0 bridgehead atoms. The highest BCUT2D eigenvalue weighted by Gasteiger charge is 1.98. The van der Waals surface area contributed by atoms with Crippen LogP contribution in [0, 0.1) is 0 Å². The molecule has 0 aliphatic heterocycles. The summed E-state index contributed by atoms with van der Waals surface area (Å²) in [6.07, 6.45) is 2.07. The molecule has 3 nitrogen and oxygen atoms in total. The number of nitrogens with two attached hydrogens (primary N) is 1.